The van der Waals surface area contributed by atoms with E-state index in [1.807, 2.05) is 0 Å². The largest absolute Gasteiger partial charge is 0.465 e. The van der Waals surface area contributed by atoms with Crippen molar-refractivity contribution in [2.75, 3.05) is 6.61 Å². The third-order valence-corrected chi connectivity index (χ3v) is 7.76. The van der Waals surface area contributed by atoms with E-state index < -0.39 is 0 Å². The minimum absolute atomic E-state index is 0.0426. The Balaban J connectivity index is 1.60. The van der Waals surface area contributed by atoms with Gasteiger partial charge in [-0.15, -0.1) is 0 Å². The van der Waals surface area contributed by atoms with Crippen LogP contribution >= 0.6 is 0 Å². The van der Waals surface area contributed by atoms with Crippen molar-refractivity contribution < 1.29 is 19.1 Å². The first kappa shape index (κ1) is 16.2. The molecule has 0 N–H and O–H groups in total. The second kappa shape index (κ2) is 5.34. The summed E-state index contributed by atoms with van der Waals surface area (Å²) in [4.78, 5) is 23.7. The van der Waals surface area contributed by atoms with Crippen molar-refractivity contribution in [3.05, 3.63) is 11.6 Å². The van der Waals surface area contributed by atoms with Gasteiger partial charge in [0.15, 0.2) is 0 Å². The lowest BCUT2D eigenvalue weighted by Crippen LogP contribution is -2.54. The van der Waals surface area contributed by atoms with Crippen LogP contribution in [0.15, 0.2) is 11.6 Å². The molecule has 0 aromatic rings. The van der Waals surface area contributed by atoms with E-state index in [-0.39, 0.29) is 28.9 Å². The zero-order valence-electron chi connectivity index (χ0n) is 15.0. The summed E-state index contributed by atoms with van der Waals surface area (Å²) in [5.74, 6) is 1.23. The zero-order chi connectivity index (χ0) is 17.1. The molecule has 0 amide bonds. The van der Waals surface area contributed by atoms with E-state index in [0.717, 1.165) is 37.7 Å². The van der Waals surface area contributed by atoms with E-state index >= 15 is 0 Å². The Hall–Kier alpha value is -1.32. The zero-order valence-corrected chi connectivity index (χ0v) is 15.0. The number of carbonyl (C=O) groups excluding carboxylic acids is 2. The van der Waals surface area contributed by atoms with Crippen LogP contribution < -0.4 is 0 Å². The van der Waals surface area contributed by atoms with Crippen molar-refractivity contribution in [2.45, 2.75) is 65.4 Å². The number of allylic oxidation sites excluding steroid dienone is 1. The highest BCUT2D eigenvalue weighted by atomic mass is 16.6. The number of ether oxygens (including phenoxy) is 2. The maximum atomic E-state index is 12.3. The van der Waals surface area contributed by atoms with Gasteiger partial charge in [0.05, 0.1) is 13.0 Å². The maximum Gasteiger partial charge on any atom is 0.334 e. The van der Waals surface area contributed by atoms with Crippen molar-refractivity contribution >= 4 is 11.9 Å². The van der Waals surface area contributed by atoms with Crippen LogP contribution in [0.1, 0.15) is 59.3 Å². The van der Waals surface area contributed by atoms with Gasteiger partial charge in [-0.05, 0) is 49.4 Å². The second-order valence-corrected chi connectivity index (χ2v) is 8.86. The summed E-state index contributed by atoms with van der Waals surface area (Å²) >= 11 is 0. The van der Waals surface area contributed by atoms with Gasteiger partial charge >= 0.3 is 11.9 Å². The molecule has 0 radical (unpaired) electrons. The molecule has 0 aromatic carbocycles. The molecule has 6 atom stereocenters. The summed E-state index contributed by atoms with van der Waals surface area (Å²) < 4.78 is 10.9. The molecule has 132 valence electrons. The summed E-state index contributed by atoms with van der Waals surface area (Å²) in [6, 6.07) is 0. The second-order valence-electron chi connectivity index (χ2n) is 8.86. The quantitative estimate of drug-likeness (QED) is 0.740. The lowest BCUT2D eigenvalue weighted by Gasteiger charge is -2.57. The lowest BCUT2D eigenvalue weighted by molar-refractivity contribution is -0.148. The van der Waals surface area contributed by atoms with E-state index in [4.69, 9.17) is 9.47 Å². The van der Waals surface area contributed by atoms with E-state index in [1.165, 1.54) is 0 Å². The SMILES string of the molecule is CC1CC2OC(=O)C3=CCCC(C1(C)CCC1COC(=O)C1)C32C. The van der Waals surface area contributed by atoms with E-state index in [0.29, 0.717) is 30.8 Å². The Morgan fingerprint density at radius 2 is 2.08 bits per heavy atom. The summed E-state index contributed by atoms with van der Waals surface area (Å²) in [5.41, 5.74) is 0.990. The monoisotopic (exact) mass is 332 g/mol. The number of cyclic esters (lactones) is 1. The number of hydrogen-bond acceptors (Lipinski definition) is 4. The molecule has 3 fully saturated rings. The van der Waals surface area contributed by atoms with Crippen molar-refractivity contribution in [3.8, 4) is 0 Å². The summed E-state index contributed by atoms with van der Waals surface area (Å²) in [5, 5.41) is 0. The molecule has 4 heteroatoms. The van der Waals surface area contributed by atoms with Crippen LogP contribution in [0.4, 0.5) is 0 Å². The Kier molecular flexibility index (Phi) is 3.59. The highest BCUT2D eigenvalue weighted by molar-refractivity contribution is 5.93. The molecular formula is C20H28O4. The first-order valence-electron chi connectivity index (χ1n) is 9.43. The summed E-state index contributed by atoms with van der Waals surface area (Å²) in [6.07, 6.45) is 7.94. The van der Waals surface area contributed by atoms with Crippen LogP contribution in [-0.2, 0) is 19.1 Å². The standard InChI is InChI=1S/C20H28O4/c1-12-9-16-20(3)14(18(22)24-16)5-4-6-15(20)19(12,2)8-7-13-10-17(21)23-11-13/h5,12-13,15-16H,4,6-11H2,1-3H3. The fourth-order valence-corrected chi connectivity index (χ4v) is 6.04. The highest BCUT2D eigenvalue weighted by Crippen LogP contribution is 2.65. The van der Waals surface area contributed by atoms with Crippen molar-refractivity contribution in [1.82, 2.24) is 0 Å². The Labute approximate surface area is 144 Å². The average Bonchev–Trinajstić information content (AvgIpc) is 3.06. The molecule has 0 bridgehead atoms. The van der Waals surface area contributed by atoms with Crippen LogP contribution in [0.25, 0.3) is 0 Å². The van der Waals surface area contributed by atoms with Crippen LogP contribution in [0.2, 0.25) is 0 Å². The molecule has 6 unspecified atom stereocenters. The molecule has 2 saturated heterocycles. The molecule has 2 aliphatic heterocycles. The predicted molar refractivity (Wildman–Crippen MR) is 89.0 cm³/mol. The van der Waals surface area contributed by atoms with Crippen LogP contribution in [0.3, 0.4) is 0 Å². The number of hydrogen-bond donors (Lipinski definition) is 0. The normalized spacial score (nSPS) is 47.0. The predicted octanol–water partition coefficient (Wildman–Crippen LogP) is 3.64. The van der Waals surface area contributed by atoms with Gasteiger partial charge in [0.25, 0.3) is 0 Å². The molecule has 4 aliphatic rings. The molecule has 2 heterocycles. The first-order valence-corrected chi connectivity index (χ1v) is 9.43. The molecule has 0 aromatic heterocycles. The van der Waals surface area contributed by atoms with Gasteiger partial charge in [0.2, 0.25) is 0 Å². The van der Waals surface area contributed by atoms with Gasteiger partial charge in [-0.2, -0.15) is 0 Å². The first-order chi connectivity index (χ1) is 11.4. The Morgan fingerprint density at radius 3 is 2.79 bits per heavy atom. The number of rotatable bonds is 3. The summed E-state index contributed by atoms with van der Waals surface area (Å²) in [7, 11) is 0. The van der Waals surface area contributed by atoms with E-state index in [1.54, 1.807) is 0 Å². The minimum atomic E-state index is -0.126. The molecule has 24 heavy (non-hydrogen) atoms. The lowest BCUT2D eigenvalue weighted by atomic mass is 9.46. The molecule has 1 saturated carbocycles. The molecular weight excluding hydrogens is 304 g/mol. The average molecular weight is 332 g/mol. The highest BCUT2D eigenvalue weighted by Gasteiger charge is 2.64. The van der Waals surface area contributed by atoms with Gasteiger partial charge in [-0.3, -0.25) is 4.79 Å². The maximum absolute atomic E-state index is 12.3. The van der Waals surface area contributed by atoms with Crippen LogP contribution in [-0.4, -0.2) is 24.6 Å². The van der Waals surface area contributed by atoms with Crippen molar-refractivity contribution in [2.24, 2.45) is 28.6 Å². The third-order valence-electron chi connectivity index (χ3n) is 7.76. The Morgan fingerprint density at radius 1 is 1.29 bits per heavy atom. The fourth-order valence-electron chi connectivity index (χ4n) is 6.04. The Bertz CT molecular complexity index is 609. The van der Waals surface area contributed by atoms with Gasteiger partial charge in [-0.1, -0.05) is 26.8 Å². The van der Waals surface area contributed by atoms with E-state index in [9.17, 15) is 9.59 Å². The van der Waals surface area contributed by atoms with Gasteiger partial charge in [0, 0.05) is 16.9 Å². The van der Waals surface area contributed by atoms with Gasteiger partial charge in [0.1, 0.15) is 6.10 Å². The third kappa shape index (κ3) is 2.11. The topological polar surface area (TPSA) is 52.6 Å². The van der Waals surface area contributed by atoms with Crippen LogP contribution in [0.5, 0.6) is 0 Å². The number of carbonyl (C=O) groups is 2. The summed E-state index contributed by atoms with van der Waals surface area (Å²) in [6.45, 7) is 7.57. The molecule has 2 aliphatic carbocycles. The number of esters is 2. The minimum Gasteiger partial charge on any atom is -0.465 e. The fraction of sp³-hybridized carbons (Fsp3) is 0.800. The molecule has 4 rings (SSSR count). The van der Waals surface area contributed by atoms with E-state index in [2.05, 4.69) is 26.8 Å². The van der Waals surface area contributed by atoms with Gasteiger partial charge < -0.3 is 9.47 Å². The van der Waals surface area contributed by atoms with Crippen LogP contribution in [0, 0.1) is 28.6 Å². The van der Waals surface area contributed by atoms with Crippen molar-refractivity contribution in [3.63, 3.8) is 0 Å². The van der Waals surface area contributed by atoms with Crippen molar-refractivity contribution in [1.29, 1.82) is 0 Å². The van der Waals surface area contributed by atoms with Gasteiger partial charge in [-0.25, -0.2) is 4.79 Å². The smallest absolute Gasteiger partial charge is 0.334 e. The molecule has 0 spiro atoms. The molecule has 4 nitrogen and oxygen atoms in total.